The van der Waals surface area contributed by atoms with Crippen LogP contribution in [-0.4, -0.2) is 9.93 Å². The maximum atomic E-state index is 12.1. The second-order valence-electron chi connectivity index (χ2n) is 6.69. The number of rotatable bonds is 10. The monoisotopic (exact) mass is 422 g/mol. The molecule has 3 aromatic rings. The first-order chi connectivity index (χ1) is 14.6. The minimum Gasteiger partial charge on any atom is -0.461 e. The predicted molar refractivity (Wildman–Crippen MR) is 115 cm³/mol. The molecule has 0 N–H and O–H groups in total. The number of esters is 1. The van der Waals surface area contributed by atoms with Crippen molar-refractivity contribution in [2.45, 2.75) is 38.8 Å². The molecule has 0 bridgehead atoms. The number of hydrogen-bond donors (Lipinski definition) is 0. The van der Waals surface area contributed by atoms with E-state index in [1.807, 2.05) is 30.3 Å². The van der Waals surface area contributed by atoms with Crippen molar-refractivity contribution in [1.82, 2.24) is 3.96 Å². The first-order valence-electron chi connectivity index (χ1n) is 9.73. The van der Waals surface area contributed by atoms with Gasteiger partial charge in [0.05, 0.1) is 17.7 Å². The van der Waals surface area contributed by atoms with Gasteiger partial charge in [-0.15, -0.1) is 0 Å². The molecular weight excluding hydrogens is 400 g/mol. The van der Waals surface area contributed by atoms with E-state index in [1.165, 1.54) is 17.6 Å². The Labute approximate surface area is 179 Å². The summed E-state index contributed by atoms with van der Waals surface area (Å²) in [7, 11) is 0. The topological polar surface area (TPSA) is 81.3 Å². The van der Waals surface area contributed by atoms with Crippen LogP contribution in [0.2, 0.25) is 0 Å². The molecule has 6 nitrogen and oxygen atoms in total. The highest BCUT2D eigenvalue weighted by atomic mass is 32.1. The lowest BCUT2D eigenvalue weighted by atomic mass is 10.2. The predicted octanol–water partition coefficient (Wildman–Crippen LogP) is 4.88. The van der Waals surface area contributed by atoms with Crippen molar-refractivity contribution in [3.8, 4) is 16.9 Å². The van der Waals surface area contributed by atoms with Crippen molar-refractivity contribution in [1.29, 1.82) is 5.26 Å². The van der Waals surface area contributed by atoms with E-state index < -0.39 is 0 Å². The molecule has 30 heavy (non-hydrogen) atoms. The zero-order valence-electron chi connectivity index (χ0n) is 16.5. The smallest absolute Gasteiger partial charge is 0.306 e. The highest BCUT2D eigenvalue weighted by molar-refractivity contribution is 7.08. The minimum absolute atomic E-state index is 0.106. The number of hydrogen-bond acceptors (Lipinski definition) is 6. The normalized spacial score (nSPS) is 10.4. The highest BCUT2D eigenvalue weighted by Crippen LogP contribution is 2.24. The maximum absolute atomic E-state index is 12.1. The lowest BCUT2D eigenvalue weighted by molar-refractivity contribution is -0.145. The Morgan fingerprint density at radius 2 is 1.80 bits per heavy atom. The van der Waals surface area contributed by atoms with Crippen molar-refractivity contribution < 1.29 is 14.3 Å². The molecule has 3 rings (SSSR count). The number of ether oxygens (including phenoxy) is 2. The number of carbonyl (C=O) groups is 1. The Balaban J connectivity index is 1.36. The van der Waals surface area contributed by atoms with Gasteiger partial charge in [-0.3, -0.25) is 13.5 Å². The lowest BCUT2D eigenvalue weighted by Crippen LogP contribution is -2.11. The Morgan fingerprint density at radius 3 is 2.53 bits per heavy atom. The Kier molecular flexibility index (Phi) is 7.81. The van der Waals surface area contributed by atoms with Crippen LogP contribution in [0.5, 0.6) is 10.8 Å². The fraction of sp³-hybridized carbons (Fsp3) is 0.261. The second kappa shape index (κ2) is 11.0. The molecule has 0 aliphatic heterocycles. The molecule has 1 heterocycles. The Morgan fingerprint density at radius 1 is 1.03 bits per heavy atom. The van der Waals surface area contributed by atoms with Crippen LogP contribution >= 0.6 is 11.5 Å². The fourth-order valence-electron chi connectivity index (χ4n) is 2.78. The van der Waals surface area contributed by atoms with Gasteiger partial charge < -0.3 is 9.47 Å². The fourth-order valence-corrected chi connectivity index (χ4v) is 3.65. The molecule has 0 unspecified atom stereocenters. The lowest BCUT2D eigenvalue weighted by Gasteiger charge is -2.05. The van der Waals surface area contributed by atoms with Crippen LogP contribution in [-0.2, 0) is 22.7 Å². The van der Waals surface area contributed by atoms with Crippen LogP contribution in [0.1, 0.15) is 36.8 Å². The molecule has 0 radical (unpaired) electrons. The Hall–Kier alpha value is -3.37. The number of aromatic nitrogens is 1. The van der Waals surface area contributed by atoms with Gasteiger partial charge in [-0.25, -0.2) is 0 Å². The van der Waals surface area contributed by atoms with Gasteiger partial charge >= 0.3 is 5.97 Å². The molecule has 7 heteroatoms. The largest absolute Gasteiger partial charge is 0.461 e. The summed E-state index contributed by atoms with van der Waals surface area (Å²) < 4.78 is 12.6. The standard InChI is InChI=1S/C23H22N2O4S/c24-16-18-10-12-20(13-11-18)29-23-15-21(26)25(30-23)14-6-2-5-9-22(27)28-17-19-7-3-1-4-8-19/h1,3-4,7-8,10-13,15H,2,5-6,9,14,17H2. The number of nitrogens with zero attached hydrogens (tertiary/aromatic N) is 2. The number of aryl methyl sites for hydroxylation is 1. The molecule has 0 atom stereocenters. The van der Waals surface area contributed by atoms with Crippen LogP contribution in [0.4, 0.5) is 0 Å². The number of unbranched alkanes of at least 4 members (excludes halogenated alkanes) is 2. The summed E-state index contributed by atoms with van der Waals surface area (Å²) in [4.78, 5) is 23.9. The molecule has 0 fully saturated rings. The third-order valence-electron chi connectivity index (χ3n) is 4.37. The summed E-state index contributed by atoms with van der Waals surface area (Å²) in [5, 5.41) is 9.33. The third-order valence-corrected chi connectivity index (χ3v) is 5.34. The maximum Gasteiger partial charge on any atom is 0.306 e. The quantitative estimate of drug-likeness (QED) is 0.344. The van der Waals surface area contributed by atoms with Gasteiger partial charge in [-0.1, -0.05) is 36.8 Å². The summed E-state index contributed by atoms with van der Waals surface area (Å²) in [6, 6.07) is 19.8. The van der Waals surface area contributed by atoms with Crippen LogP contribution < -0.4 is 10.3 Å². The zero-order chi connectivity index (χ0) is 21.2. The van der Waals surface area contributed by atoms with E-state index >= 15 is 0 Å². The van der Waals surface area contributed by atoms with E-state index in [0.717, 1.165) is 24.8 Å². The van der Waals surface area contributed by atoms with E-state index in [9.17, 15) is 9.59 Å². The highest BCUT2D eigenvalue weighted by Gasteiger charge is 2.08. The van der Waals surface area contributed by atoms with Crippen molar-refractivity contribution in [2.75, 3.05) is 0 Å². The molecule has 1 aromatic heterocycles. The average Bonchev–Trinajstić information content (AvgIpc) is 3.12. The van der Waals surface area contributed by atoms with Gasteiger partial charge in [0.25, 0.3) is 5.56 Å². The van der Waals surface area contributed by atoms with E-state index in [0.29, 0.717) is 35.9 Å². The number of carbonyl (C=O) groups excluding carboxylic acids is 1. The van der Waals surface area contributed by atoms with Gasteiger partial charge in [-0.05, 0) is 54.2 Å². The molecule has 0 saturated carbocycles. The van der Waals surface area contributed by atoms with E-state index in [2.05, 4.69) is 6.07 Å². The molecular formula is C23H22N2O4S. The van der Waals surface area contributed by atoms with Gasteiger partial charge in [0.2, 0.25) is 5.06 Å². The summed E-state index contributed by atoms with van der Waals surface area (Å²) in [5.74, 6) is 0.377. The SMILES string of the molecule is N#Cc1ccc(Oc2cc(=O)n(CCCCCC(=O)OCc3ccccc3)s2)cc1. The molecule has 0 aliphatic carbocycles. The van der Waals surface area contributed by atoms with Crippen LogP contribution in [0.15, 0.2) is 65.5 Å². The zero-order valence-corrected chi connectivity index (χ0v) is 17.3. The van der Waals surface area contributed by atoms with E-state index in [-0.39, 0.29) is 11.5 Å². The van der Waals surface area contributed by atoms with Gasteiger partial charge in [-0.2, -0.15) is 5.26 Å². The number of nitriles is 1. The van der Waals surface area contributed by atoms with Gasteiger partial charge in [0.15, 0.2) is 0 Å². The third kappa shape index (κ3) is 6.61. The molecule has 0 spiro atoms. The molecule has 0 saturated heterocycles. The average molecular weight is 423 g/mol. The summed E-state index contributed by atoms with van der Waals surface area (Å²) >= 11 is 1.26. The van der Waals surface area contributed by atoms with Crippen molar-refractivity contribution in [3.05, 3.63) is 82.1 Å². The number of benzene rings is 2. The molecule has 0 amide bonds. The Bertz CT molecular complexity index is 1050. The van der Waals surface area contributed by atoms with Gasteiger partial charge in [0.1, 0.15) is 12.4 Å². The van der Waals surface area contributed by atoms with Crippen molar-refractivity contribution in [2.24, 2.45) is 0 Å². The molecule has 2 aromatic carbocycles. The first-order valence-corrected chi connectivity index (χ1v) is 10.5. The van der Waals surface area contributed by atoms with Gasteiger partial charge in [0, 0.05) is 13.0 Å². The van der Waals surface area contributed by atoms with E-state index in [1.54, 1.807) is 28.2 Å². The molecule has 154 valence electrons. The first kappa shape index (κ1) is 21.3. The van der Waals surface area contributed by atoms with Crippen LogP contribution in [0, 0.1) is 11.3 Å². The van der Waals surface area contributed by atoms with Crippen molar-refractivity contribution >= 4 is 17.5 Å². The minimum atomic E-state index is -0.203. The summed E-state index contributed by atoms with van der Waals surface area (Å²) in [5.41, 5.74) is 1.42. The van der Waals surface area contributed by atoms with Crippen LogP contribution in [0.25, 0.3) is 0 Å². The summed E-state index contributed by atoms with van der Waals surface area (Å²) in [6.07, 6.45) is 2.72. The summed E-state index contributed by atoms with van der Waals surface area (Å²) in [6.45, 7) is 0.881. The second-order valence-corrected chi connectivity index (χ2v) is 7.72. The molecule has 0 aliphatic rings. The van der Waals surface area contributed by atoms with Crippen molar-refractivity contribution in [3.63, 3.8) is 0 Å². The van der Waals surface area contributed by atoms with E-state index in [4.69, 9.17) is 14.7 Å². The van der Waals surface area contributed by atoms with Crippen LogP contribution in [0.3, 0.4) is 0 Å².